The summed E-state index contributed by atoms with van der Waals surface area (Å²) in [4.78, 5) is 0. The summed E-state index contributed by atoms with van der Waals surface area (Å²) in [5.74, 6) is -10.5. The van der Waals surface area contributed by atoms with Gasteiger partial charge in [-0.2, -0.15) is 5.10 Å². The van der Waals surface area contributed by atoms with E-state index in [-0.39, 0.29) is 10.0 Å². The second-order valence-electron chi connectivity index (χ2n) is 4.98. The Hall–Kier alpha value is -2.47. The molecule has 3 rings (SSSR count). The molecule has 1 N–H and O–H groups in total. The van der Waals surface area contributed by atoms with Crippen molar-refractivity contribution in [3.8, 4) is 0 Å². The largest absolute Gasteiger partial charge is 0.272 e. The maximum Gasteiger partial charge on any atom is 0.272 e. The van der Waals surface area contributed by atoms with E-state index in [9.17, 15) is 30.4 Å². The Labute approximate surface area is 147 Å². The van der Waals surface area contributed by atoms with Crippen LogP contribution in [0.5, 0.6) is 0 Å². The highest BCUT2D eigenvalue weighted by Gasteiger charge is 2.26. The third-order valence-corrected chi connectivity index (χ3v) is 6.01. The highest BCUT2D eigenvalue weighted by Crippen LogP contribution is 2.24. The molecule has 5 nitrogen and oxygen atoms in total. The lowest BCUT2D eigenvalue weighted by molar-refractivity contribution is 0.367. The van der Waals surface area contributed by atoms with Gasteiger partial charge in [0, 0.05) is 12.3 Å². The highest BCUT2D eigenvalue weighted by molar-refractivity contribution is 7.94. The average molecular weight is 409 g/mol. The Balaban J connectivity index is 1.86. The molecule has 26 heavy (non-hydrogen) atoms. The second kappa shape index (κ2) is 6.68. The van der Waals surface area contributed by atoms with Crippen molar-refractivity contribution in [1.82, 2.24) is 9.78 Å². The first-order valence-electron chi connectivity index (χ1n) is 6.81. The van der Waals surface area contributed by atoms with Gasteiger partial charge in [0.05, 0.1) is 12.1 Å². The number of halogens is 5. The topological polar surface area (TPSA) is 64.0 Å². The van der Waals surface area contributed by atoms with Gasteiger partial charge in [0.1, 0.15) is 4.21 Å². The SMILES string of the molecule is O=S(=O)(Nc1ccn(Cc2c(F)c(F)c(F)c(F)c2F)n1)c1cccs1. The van der Waals surface area contributed by atoms with Crippen molar-refractivity contribution in [2.45, 2.75) is 10.8 Å². The van der Waals surface area contributed by atoms with E-state index in [4.69, 9.17) is 0 Å². The molecule has 0 saturated carbocycles. The monoisotopic (exact) mass is 409 g/mol. The Bertz CT molecular complexity index is 1040. The summed E-state index contributed by atoms with van der Waals surface area (Å²) < 4.78 is 93.9. The first-order chi connectivity index (χ1) is 12.2. The standard InChI is InChI=1S/C14H8F5N3O2S2/c15-10-7(11(16)13(18)14(19)12(10)17)6-22-4-3-8(20-22)21-26(23,24)9-2-1-5-25-9/h1-5H,6H2,(H,20,21). The quantitative estimate of drug-likeness (QED) is 0.399. The number of sulfonamides is 1. The lowest BCUT2D eigenvalue weighted by atomic mass is 10.1. The summed E-state index contributed by atoms with van der Waals surface area (Å²) >= 11 is 0.964. The minimum atomic E-state index is -3.89. The fourth-order valence-corrected chi connectivity index (χ4v) is 4.05. The van der Waals surface area contributed by atoms with Crippen molar-refractivity contribution in [2.75, 3.05) is 4.72 Å². The molecule has 2 heterocycles. The van der Waals surface area contributed by atoms with E-state index < -0.39 is 51.2 Å². The third-order valence-electron chi connectivity index (χ3n) is 3.26. The van der Waals surface area contributed by atoms with Crippen molar-refractivity contribution in [3.63, 3.8) is 0 Å². The van der Waals surface area contributed by atoms with Crippen LogP contribution in [0, 0.1) is 29.1 Å². The number of aromatic nitrogens is 2. The molecule has 0 amide bonds. The van der Waals surface area contributed by atoms with Crippen LogP contribution in [0.3, 0.4) is 0 Å². The van der Waals surface area contributed by atoms with Gasteiger partial charge in [-0.3, -0.25) is 9.40 Å². The molecule has 0 fully saturated rings. The first-order valence-corrected chi connectivity index (χ1v) is 9.17. The van der Waals surface area contributed by atoms with E-state index in [1.165, 1.54) is 18.2 Å². The predicted octanol–water partition coefficient (Wildman–Crippen LogP) is 3.49. The van der Waals surface area contributed by atoms with Crippen molar-refractivity contribution < 1.29 is 30.4 Å². The number of thiophene rings is 1. The number of benzene rings is 1. The Morgan fingerprint density at radius 2 is 1.62 bits per heavy atom. The van der Waals surface area contributed by atoms with E-state index in [2.05, 4.69) is 9.82 Å². The van der Waals surface area contributed by atoms with Gasteiger partial charge in [0.15, 0.2) is 29.1 Å². The van der Waals surface area contributed by atoms with E-state index in [1.807, 2.05) is 0 Å². The molecule has 0 aliphatic rings. The lowest BCUT2D eigenvalue weighted by Gasteiger charge is -2.08. The van der Waals surface area contributed by atoms with E-state index >= 15 is 0 Å². The van der Waals surface area contributed by atoms with Gasteiger partial charge >= 0.3 is 0 Å². The predicted molar refractivity (Wildman–Crippen MR) is 82.7 cm³/mol. The number of nitrogens with one attached hydrogen (secondary N) is 1. The molecule has 1 aromatic carbocycles. The van der Waals surface area contributed by atoms with Crippen LogP contribution in [0.25, 0.3) is 0 Å². The van der Waals surface area contributed by atoms with Crippen molar-refractivity contribution >= 4 is 27.2 Å². The fourth-order valence-electron chi connectivity index (χ4n) is 2.06. The van der Waals surface area contributed by atoms with Gasteiger partial charge in [-0.15, -0.1) is 11.3 Å². The molecule has 2 aromatic heterocycles. The average Bonchev–Trinajstić information content (AvgIpc) is 3.27. The first kappa shape index (κ1) is 18.3. The molecular formula is C14H8F5N3O2S2. The Morgan fingerprint density at radius 3 is 2.19 bits per heavy atom. The molecule has 138 valence electrons. The Kier molecular flexibility index (Phi) is 4.71. The smallest absolute Gasteiger partial charge is 0.266 e. The summed E-state index contributed by atoms with van der Waals surface area (Å²) in [5, 5.41) is 5.28. The minimum absolute atomic E-state index is 0.0202. The molecule has 12 heteroatoms. The van der Waals surface area contributed by atoms with Crippen LogP contribution in [0.1, 0.15) is 5.56 Å². The van der Waals surface area contributed by atoms with Crippen molar-refractivity contribution in [3.05, 3.63) is 64.4 Å². The van der Waals surface area contributed by atoms with Gasteiger partial charge in [0.2, 0.25) is 5.82 Å². The summed E-state index contributed by atoms with van der Waals surface area (Å²) in [7, 11) is -3.89. The molecule has 0 aliphatic heterocycles. The van der Waals surface area contributed by atoms with Gasteiger partial charge in [0.25, 0.3) is 10.0 Å². The van der Waals surface area contributed by atoms with Crippen LogP contribution in [-0.2, 0) is 16.6 Å². The summed E-state index contributed by atoms with van der Waals surface area (Å²) in [6.07, 6.45) is 1.13. The number of nitrogens with zero attached hydrogens (tertiary/aromatic N) is 2. The van der Waals surface area contributed by atoms with Gasteiger partial charge in [-0.25, -0.2) is 30.4 Å². The summed E-state index contributed by atoms with van der Waals surface area (Å²) in [6.45, 7) is -0.785. The van der Waals surface area contributed by atoms with Crippen LogP contribution in [0.4, 0.5) is 27.8 Å². The zero-order chi connectivity index (χ0) is 19.1. The zero-order valence-electron chi connectivity index (χ0n) is 12.5. The molecule has 0 spiro atoms. The molecule has 0 atom stereocenters. The van der Waals surface area contributed by atoms with E-state index in [1.54, 1.807) is 5.38 Å². The minimum Gasteiger partial charge on any atom is -0.266 e. The normalized spacial score (nSPS) is 11.7. The number of hydrogen-bond acceptors (Lipinski definition) is 4. The van der Waals surface area contributed by atoms with Crippen LogP contribution in [-0.4, -0.2) is 18.2 Å². The number of hydrogen-bond donors (Lipinski definition) is 1. The second-order valence-corrected chi connectivity index (χ2v) is 7.84. The van der Waals surface area contributed by atoms with Crippen molar-refractivity contribution in [1.29, 1.82) is 0 Å². The molecule has 0 saturated heterocycles. The van der Waals surface area contributed by atoms with Gasteiger partial charge in [-0.05, 0) is 11.4 Å². The fraction of sp³-hybridized carbons (Fsp3) is 0.0714. The molecule has 0 aliphatic carbocycles. The van der Waals surface area contributed by atoms with E-state index in [0.717, 1.165) is 22.2 Å². The van der Waals surface area contributed by atoms with Crippen LogP contribution < -0.4 is 4.72 Å². The third kappa shape index (κ3) is 3.29. The molecule has 0 unspecified atom stereocenters. The lowest BCUT2D eigenvalue weighted by Crippen LogP contribution is -2.14. The maximum absolute atomic E-state index is 13.7. The van der Waals surface area contributed by atoms with Crippen LogP contribution >= 0.6 is 11.3 Å². The zero-order valence-corrected chi connectivity index (χ0v) is 14.1. The molecular weight excluding hydrogens is 401 g/mol. The van der Waals surface area contributed by atoms with E-state index in [0.29, 0.717) is 0 Å². The molecule has 3 aromatic rings. The van der Waals surface area contributed by atoms with Crippen molar-refractivity contribution in [2.24, 2.45) is 0 Å². The summed E-state index contributed by atoms with van der Waals surface area (Å²) in [6, 6.07) is 4.07. The van der Waals surface area contributed by atoms with Gasteiger partial charge < -0.3 is 0 Å². The Morgan fingerprint density at radius 1 is 1.00 bits per heavy atom. The van der Waals surface area contributed by atoms with Crippen LogP contribution in [0.15, 0.2) is 34.0 Å². The van der Waals surface area contributed by atoms with Gasteiger partial charge in [-0.1, -0.05) is 6.07 Å². The highest BCUT2D eigenvalue weighted by atomic mass is 32.2. The molecule has 0 radical (unpaired) electrons. The van der Waals surface area contributed by atoms with Crippen LogP contribution in [0.2, 0.25) is 0 Å². The number of rotatable bonds is 5. The number of anilines is 1. The summed E-state index contributed by atoms with van der Waals surface area (Å²) in [5.41, 5.74) is -1.09. The molecule has 0 bridgehead atoms. The maximum atomic E-state index is 13.7.